The summed E-state index contributed by atoms with van der Waals surface area (Å²) in [6, 6.07) is 49.5. The molecule has 0 saturated heterocycles. The average molecular weight is 950 g/mol. The Morgan fingerprint density at radius 3 is 0.696 bits per heavy atom. The summed E-state index contributed by atoms with van der Waals surface area (Å²) in [5.41, 5.74) is 2.15. The third-order valence-electron chi connectivity index (χ3n) is 7.67. The number of Topliss-reactive ketones (excluding diaryl/α,β-unsaturated/α-hetero) is 3. The van der Waals surface area contributed by atoms with E-state index < -0.39 is 20.3 Å². The van der Waals surface area contributed by atoms with Gasteiger partial charge >= 0.3 is 34.4 Å². The van der Waals surface area contributed by atoms with Crippen LogP contribution in [0.4, 0.5) is 14.1 Å². The van der Waals surface area contributed by atoms with E-state index in [0.717, 1.165) is 29.4 Å². The van der Waals surface area contributed by atoms with Crippen LogP contribution in [0.15, 0.2) is 190 Å². The van der Waals surface area contributed by atoms with E-state index in [1.807, 2.05) is 72.8 Å². The SMILES string of the molecule is CC(=O)c1ccc(Sc2ccc([S+](c3ccc(Sc4ccc(C(C)=O)cc4)cc3)c3ccc(Sc4ccc(C(C)=O)cc4)cc3)cc2)cc1.[F-].[F][Sb]([F])([F])([F])[F]. The molecule has 14 heteroatoms. The van der Waals surface area contributed by atoms with Gasteiger partial charge < -0.3 is 4.70 Å². The van der Waals surface area contributed by atoms with Crippen molar-refractivity contribution >= 4 is 83.8 Å². The Bertz CT molecular complexity index is 2000. The van der Waals surface area contributed by atoms with E-state index in [9.17, 15) is 28.4 Å². The maximum atomic E-state index is 11.7. The predicted octanol–water partition coefficient (Wildman–Crippen LogP) is 10.6. The van der Waals surface area contributed by atoms with Crippen LogP contribution < -0.4 is 4.70 Å². The van der Waals surface area contributed by atoms with E-state index in [1.54, 1.807) is 56.1 Å². The zero-order chi connectivity index (χ0) is 39.8. The molecule has 0 bridgehead atoms. The van der Waals surface area contributed by atoms with Gasteiger partial charge in [0.2, 0.25) is 0 Å². The molecule has 0 aromatic heterocycles. The van der Waals surface area contributed by atoms with Crippen molar-refractivity contribution in [3.05, 3.63) is 162 Å². The molecule has 0 spiro atoms. The molecule has 0 N–H and O–H groups in total. The van der Waals surface area contributed by atoms with Crippen LogP contribution >= 0.6 is 35.3 Å². The minimum atomic E-state index is -9.19. The summed E-state index contributed by atoms with van der Waals surface area (Å²) in [6.45, 7) is 4.75. The molecule has 6 aromatic rings. The van der Waals surface area contributed by atoms with E-state index >= 15 is 0 Å². The molecule has 6 rings (SSSR count). The molecule has 290 valence electrons. The molecule has 0 fully saturated rings. The molecule has 0 saturated carbocycles. The van der Waals surface area contributed by atoms with Gasteiger partial charge in [-0.1, -0.05) is 71.7 Å². The molecule has 0 aliphatic heterocycles. The quantitative estimate of drug-likeness (QED) is 0.0527. The summed E-state index contributed by atoms with van der Waals surface area (Å²) in [7, 11) is -0.344. The fraction of sp³-hybridized carbons (Fsp3) is 0.0714. The zero-order valence-electron chi connectivity index (χ0n) is 29.9. The number of hydrogen-bond donors (Lipinski definition) is 0. The molecule has 56 heavy (non-hydrogen) atoms. The summed E-state index contributed by atoms with van der Waals surface area (Å²) in [5.74, 6) is 0.202. The van der Waals surface area contributed by atoms with Crippen molar-refractivity contribution in [2.24, 2.45) is 0 Å². The molecule has 0 heterocycles. The van der Waals surface area contributed by atoms with E-state index in [4.69, 9.17) is 0 Å². The van der Waals surface area contributed by atoms with E-state index in [0.29, 0.717) is 16.7 Å². The predicted molar refractivity (Wildman–Crippen MR) is 214 cm³/mol. The van der Waals surface area contributed by atoms with Crippen LogP contribution in [-0.2, 0) is 10.9 Å². The van der Waals surface area contributed by atoms with Crippen LogP contribution in [0.2, 0.25) is 0 Å². The van der Waals surface area contributed by atoms with Crippen molar-refractivity contribution in [1.82, 2.24) is 0 Å². The normalized spacial score (nSPS) is 11.7. The van der Waals surface area contributed by atoms with Gasteiger partial charge in [-0.2, -0.15) is 0 Å². The van der Waals surface area contributed by atoms with Crippen molar-refractivity contribution in [1.29, 1.82) is 0 Å². The first kappa shape index (κ1) is 44.8. The van der Waals surface area contributed by atoms with Crippen molar-refractivity contribution in [3.63, 3.8) is 0 Å². The van der Waals surface area contributed by atoms with Gasteiger partial charge in [-0.25, -0.2) is 0 Å². The Labute approximate surface area is 341 Å². The fourth-order valence-electron chi connectivity index (χ4n) is 5.02. The summed E-state index contributed by atoms with van der Waals surface area (Å²) in [6.07, 6.45) is 0. The van der Waals surface area contributed by atoms with Gasteiger partial charge in [0.25, 0.3) is 0 Å². The van der Waals surface area contributed by atoms with Gasteiger partial charge in [-0.15, -0.1) is 0 Å². The number of carbonyl (C=O) groups excluding carboxylic acids is 3. The van der Waals surface area contributed by atoms with Crippen molar-refractivity contribution in [2.45, 2.75) is 64.8 Å². The molecular formula is C42H33F6O3S4Sb. The minimum absolute atomic E-state index is 0. The molecule has 0 radical (unpaired) electrons. The summed E-state index contributed by atoms with van der Waals surface area (Å²) < 4.78 is 49.6. The molecular weight excluding hydrogens is 916 g/mol. The van der Waals surface area contributed by atoms with Gasteiger partial charge in [-0.3, -0.25) is 14.4 Å². The first-order valence-corrected chi connectivity index (χ1v) is 25.0. The van der Waals surface area contributed by atoms with Crippen LogP contribution in [0.3, 0.4) is 0 Å². The zero-order valence-corrected chi connectivity index (χ0v) is 35.7. The summed E-state index contributed by atoms with van der Waals surface area (Å²) in [4.78, 5) is 45.4. The van der Waals surface area contributed by atoms with E-state index in [-0.39, 0.29) is 32.9 Å². The molecule has 0 unspecified atom stereocenters. The Morgan fingerprint density at radius 2 is 0.536 bits per heavy atom. The number of rotatable bonds is 12. The first-order valence-electron chi connectivity index (χ1n) is 16.5. The fourth-order valence-corrected chi connectivity index (χ4v) is 9.51. The number of hydrogen-bond acceptors (Lipinski definition) is 6. The number of benzene rings is 6. The van der Waals surface area contributed by atoms with E-state index in [1.165, 1.54) is 14.7 Å². The second-order valence-corrected chi connectivity index (χ2v) is 21.0. The van der Waals surface area contributed by atoms with Crippen LogP contribution in [0, 0.1) is 0 Å². The van der Waals surface area contributed by atoms with E-state index in [2.05, 4.69) is 72.8 Å². The third-order valence-corrected chi connectivity index (χ3v) is 12.9. The third kappa shape index (κ3) is 14.3. The Balaban J connectivity index is 0.000000922. The first-order chi connectivity index (χ1) is 25.9. The van der Waals surface area contributed by atoms with Gasteiger partial charge in [-0.05, 0) is 130 Å². The van der Waals surface area contributed by atoms with Crippen LogP contribution in [0.5, 0.6) is 0 Å². The number of carbonyl (C=O) groups is 3. The van der Waals surface area contributed by atoms with Gasteiger partial charge in [0.1, 0.15) is 0 Å². The molecule has 0 aliphatic rings. The summed E-state index contributed by atoms with van der Waals surface area (Å²) >= 11 is -4.15. The summed E-state index contributed by atoms with van der Waals surface area (Å²) in [5, 5.41) is 0. The van der Waals surface area contributed by atoms with Crippen LogP contribution in [0.25, 0.3) is 0 Å². The van der Waals surface area contributed by atoms with Crippen LogP contribution in [-0.4, -0.2) is 37.7 Å². The topological polar surface area (TPSA) is 51.2 Å². The van der Waals surface area contributed by atoms with Gasteiger partial charge in [0.05, 0.1) is 10.9 Å². The number of ketones is 3. The van der Waals surface area contributed by atoms with Gasteiger partial charge in [0.15, 0.2) is 32.0 Å². The van der Waals surface area contributed by atoms with Crippen molar-refractivity contribution in [3.8, 4) is 0 Å². The molecule has 0 atom stereocenters. The van der Waals surface area contributed by atoms with Gasteiger partial charge in [0, 0.05) is 46.1 Å². The van der Waals surface area contributed by atoms with Crippen molar-refractivity contribution < 1.29 is 33.2 Å². The second kappa shape index (κ2) is 19.5. The van der Waals surface area contributed by atoms with Crippen molar-refractivity contribution in [2.75, 3.05) is 0 Å². The maximum absolute atomic E-state index is 11.7. The average Bonchev–Trinajstić information content (AvgIpc) is 3.13. The standard InChI is InChI=1S/C42H33O3S4.6FH.Sb/c1-28(43)31-4-10-34(11-5-31)46-37-16-22-40(23-17-37)49(41-24-18-38(19-25-41)47-35-12-6-32(7-13-35)29(2)44)42-26-20-39(21-27-42)48-36-14-8-33(9-15-36)30(3)45;;;;;;;/h4-27H,1-3H3;6*1H;/q+1;;;;;;;+5/p-6. The Kier molecular flexibility index (Phi) is 15.6. The molecule has 6 aromatic carbocycles. The Hall–Kier alpha value is -3.87. The monoisotopic (exact) mass is 948 g/mol. The molecule has 0 aliphatic carbocycles. The Morgan fingerprint density at radius 1 is 0.375 bits per heavy atom. The second-order valence-electron chi connectivity index (χ2n) is 11.9. The number of halogens is 6. The van der Waals surface area contributed by atoms with Crippen LogP contribution in [0.1, 0.15) is 51.8 Å². The molecule has 0 amide bonds. The molecule has 3 nitrogen and oxygen atoms in total.